The van der Waals surface area contributed by atoms with Gasteiger partial charge in [-0.1, -0.05) is 23.7 Å². The van der Waals surface area contributed by atoms with Crippen LogP contribution in [0.2, 0.25) is 5.02 Å². The van der Waals surface area contributed by atoms with Crippen molar-refractivity contribution in [3.63, 3.8) is 0 Å². The first-order valence-corrected chi connectivity index (χ1v) is 10.4. The number of amides is 1. The number of hydrogen-bond acceptors (Lipinski definition) is 6. The first-order valence-electron chi connectivity index (χ1n) is 9.14. The number of benzene rings is 1. The van der Waals surface area contributed by atoms with Gasteiger partial charge in [-0.05, 0) is 43.9 Å². The molecule has 1 atom stereocenters. The molecule has 2 aromatic heterocycles. The number of aromatic nitrogens is 3. The van der Waals surface area contributed by atoms with Gasteiger partial charge in [0.2, 0.25) is 5.95 Å². The molecule has 28 heavy (non-hydrogen) atoms. The summed E-state index contributed by atoms with van der Waals surface area (Å²) in [7, 11) is 0. The fourth-order valence-electron chi connectivity index (χ4n) is 3.64. The Bertz CT molecular complexity index is 1020. The molecule has 1 aliphatic heterocycles. The summed E-state index contributed by atoms with van der Waals surface area (Å²) in [6, 6.07) is 7.39. The molecule has 3 heterocycles. The molecule has 1 aliphatic rings. The van der Waals surface area contributed by atoms with Gasteiger partial charge in [-0.25, -0.2) is 15.0 Å². The third kappa shape index (κ3) is 3.59. The molecule has 1 saturated heterocycles. The van der Waals surface area contributed by atoms with E-state index in [0.29, 0.717) is 16.4 Å². The molecule has 0 aliphatic carbocycles. The van der Waals surface area contributed by atoms with Crippen molar-refractivity contribution in [1.29, 1.82) is 0 Å². The summed E-state index contributed by atoms with van der Waals surface area (Å²) < 4.78 is 0. The second-order valence-electron chi connectivity index (χ2n) is 6.81. The Morgan fingerprint density at radius 3 is 2.93 bits per heavy atom. The molecule has 0 saturated carbocycles. The highest BCUT2D eigenvalue weighted by Crippen LogP contribution is 2.37. The normalized spacial score (nSPS) is 16.9. The molecule has 0 spiro atoms. The van der Waals surface area contributed by atoms with Crippen molar-refractivity contribution >= 4 is 34.8 Å². The Hall–Kier alpha value is -2.51. The third-order valence-electron chi connectivity index (χ3n) is 4.99. The summed E-state index contributed by atoms with van der Waals surface area (Å²) in [6.45, 7) is 2.54. The van der Waals surface area contributed by atoms with Gasteiger partial charge < -0.3 is 10.6 Å². The van der Waals surface area contributed by atoms with Gasteiger partial charge in [-0.2, -0.15) is 0 Å². The molecular weight excluding hydrogens is 394 g/mol. The van der Waals surface area contributed by atoms with Crippen LogP contribution in [0.1, 0.15) is 46.4 Å². The maximum Gasteiger partial charge on any atom is 0.266 e. The third-order valence-corrected chi connectivity index (χ3v) is 6.14. The van der Waals surface area contributed by atoms with Gasteiger partial charge in [-0.15, -0.1) is 11.3 Å². The predicted molar refractivity (Wildman–Crippen MR) is 111 cm³/mol. The number of rotatable bonds is 3. The summed E-state index contributed by atoms with van der Waals surface area (Å²) in [5.74, 6) is 0.201. The summed E-state index contributed by atoms with van der Waals surface area (Å²) in [5.41, 5.74) is 10.9. The number of carbonyl (C=O) groups excluding carboxylic acids is 1. The van der Waals surface area contributed by atoms with E-state index in [0.717, 1.165) is 41.8 Å². The van der Waals surface area contributed by atoms with Crippen molar-refractivity contribution in [3.8, 4) is 11.1 Å². The standard InChI is InChI=1S/C20H20ClN5OS/c1-12-18(28-11-24-12)19(27)26-8-3-2-7-16(26)17-15(10-23-20(22)25-17)13-5-4-6-14(21)9-13/h4-6,9-11,16H,2-3,7-8H2,1H3,(H2,22,23,25)/t16-/m1/s1. The lowest BCUT2D eigenvalue weighted by molar-refractivity contribution is 0.0611. The van der Waals surface area contributed by atoms with Crippen molar-refractivity contribution < 1.29 is 4.79 Å². The number of nitrogen functional groups attached to an aromatic ring is 1. The first-order chi connectivity index (χ1) is 13.5. The maximum atomic E-state index is 13.3. The summed E-state index contributed by atoms with van der Waals surface area (Å²) in [6.07, 6.45) is 4.54. The van der Waals surface area contributed by atoms with Crippen LogP contribution in [0.15, 0.2) is 36.0 Å². The quantitative estimate of drug-likeness (QED) is 0.682. The van der Waals surface area contributed by atoms with E-state index in [4.69, 9.17) is 17.3 Å². The van der Waals surface area contributed by atoms with Gasteiger partial charge >= 0.3 is 0 Å². The molecule has 8 heteroatoms. The Morgan fingerprint density at radius 2 is 2.18 bits per heavy atom. The highest BCUT2D eigenvalue weighted by atomic mass is 35.5. The minimum atomic E-state index is -0.165. The van der Waals surface area contributed by atoms with Crippen LogP contribution >= 0.6 is 22.9 Å². The lowest BCUT2D eigenvalue weighted by Crippen LogP contribution is -2.39. The predicted octanol–water partition coefficient (Wildman–Crippen LogP) is 4.51. The first kappa shape index (κ1) is 18.8. The molecule has 3 aromatic rings. The number of hydrogen-bond donors (Lipinski definition) is 1. The number of halogens is 1. The zero-order chi connectivity index (χ0) is 19.7. The number of aryl methyl sites for hydroxylation is 1. The largest absolute Gasteiger partial charge is 0.368 e. The van der Waals surface area contributed by atoms with Crippen LogP contribution in [-0.2, 0) is 0 Å². The SMILES string of the molecule is Cc1ncsc1C(=O)N1CCCC[C@@H]1c1nc(N)ncc1-c1cccc(Cl)c1. The molecule has 1 amide bonds. The number of nitrogens with two attached hydrogens (primary N) is 1. The Kier molecular flexibility index (Phi) is 5.28. The van der Waals surface area contributed by atoms with Crippen LogP contribution in [0.5, 0.6) is 0 Å². The van der Waals surface area contributed by atoms with E-state index in [-0.39, 0.29) is 17.9 Å². The molecule has 144 valence electrons. The van der Waals surface area contributed by atoms with E-state index < -0.39 is 0 Å². The molecular formula is C20H20ClN5OS. The van der Waals surface area contributed by atoms with Crippen molar-refractivity contribution in [2.75, 3.05) is 12.3 Å². The number of piperidine rings is 1. The van der Waals surface area contributed by atoms with Gasteiger partial charge in [0.05, 0.1) is 22.9 Å². The van der Waals surface area contributed by atoms with Crippen LogP contribution in [0.4, 0.5) is 5.95 Å². The van der Waals surface area contributed by atoms with Crippen molar-refractivity contribution in [1.82, 2.24) is 19.9 Å². The smallest absolute Gasteiger partial charge is 0.266 e. The van der Waals surface area contributed by atoms with Crippen LogP contribution in [0.25, 0.3) is 11.1 Å². The molecule has 2 N–H and O–H groups in total. The lowest BCUT2D eigenvalue weighted by atomic mass is 9.93. The molecule has 4 rings (SSSR count). The van der Waals surface area contributed by atoms with Gasteiger partial charge in [-0.3, -0.25) is 4.79 Å². The van der Waals surface area contributed by atoms with Gasteiger partial charge in [0.15, 0.2) is 0 Å². The Morgan fingerprint density at radius 1 is 1.32 bits per heavy atom. The van der Waals surface area contributed by atoms with Gasteiger partial charge in [0, 0.05) is 23.3 Å². The topological polar surface area (TPSA) is 85.0 Å². The van der Waals surface area contributed by atoms with Crippen LogP contribution < -0.4 is 5.73 Å². The monoisotopic (exact) mass is 413 g/mol. The van der Waals surface area contributed by atoms with E-state index in [9.17, 15) is 4.79 Å². The maximum absolute atomic E-state index is 13.3. The van der Waals surface area contributed by atoms with E-state index >= 15 is 0 Å². The fraction of sp³-hybridized carbons (Fsp3) is 0.300. The number of likely N-dealkylation sites (tertiary alicyclic amines) is 1. The van der Waals surface area contributed by atoms with E-state index in [2.05, 4.69) is 15.0 Å². The molecule has 0 unspecified atom stereocenters. The minimum Gasteiger partial charge on any atom is -0.368 e. The number of nitrogens with zero attached hydrogens (tertiary/aromatic N) is 4. The average molecular weight is 414 g/mol. The van der Waals surface area contributed by atoms with E-state index in [1.165, 1.54) is 11.3 Å². The minimum absolute atomic E-state index is 0.000993. The summed E-state index contributed by atoms with van der Waals surface area (Å²) in [4.78, 5) is 28.8. The van der Waals surface area contributed by atoms with Crippen molar-refractivity contribution in [2.24, 2.45) is 0 Å². The highest BCUT2D eigenvalue weighted by Gasteiger charge is 2.33. The molecule has 1 fully saturated rings. The van der Waals surface area contributed by atoms with Crippen molar-refractivity contribution in [3.05, 3.63) is 57.3 Å². The lowest BCUT2D eigenvalue weighted by Gasteiger charge is -2.36. The zero-order valence-electron chi connectivity index (χ0n) is 15.4. The van der Waals surface area contributed by atoms with E-state index in [1.807, 2.05) is 36.1 Å². The zero-order valence-corrected chi connectivity index (χ0v) is 17.0. The summed E-state index contributed by atoms with van der Waals surface area (Å²) >= 11 is 7.57. The molecule has 6 nitrogen and oxygen atoms in total. The Balaban J connectivity index is 1.79. The average Bonchev–Trinajstić information content (AvgIpc) is 3.13. The van der Waals surface area contributed by atoms with Crippen LogP contribution in [0, 0.1) is 6.92 Å². The highest BCUT2D eigenvalue weighted by molar-refractivity contribution is 7.11. The molecule has 0 radical (unpaired) electrons. The Labute approximate surface area is 172 Å². The summed E-state index contributed by atoms with van der Waals surface area (Å²) in [5, 5.41) is 0.636. The second-order valence-corrected chi connectivity index (χ2v) is 8.11. The number of anilines is 1. The molecule has 1 aromatic carbocycles. The second kappa shape index (κ2) is 7.85. The number of carbonyl (C=O) groups is 1. The van der Waals surface area contributed by atoms with Gasteiger partial charge in [0.1, 0.15) is 4.88 Å². The van der Waals surface area contributed by atoms with Crippen molar-refractivity contribution in [2.45, 2.75) is 32.2 Å². The fourth-order valence-corrected chi connectivity index (χ4v) is 4.59. The van der Waals surface area contributed by atoms with Crippen LogP contribution in [0.3, 0.4) is 0 Å². The van der Waals surface area contributed by atoms with Gasteiger partial charge in [0.25, 0.3) is 5.91 Å². The van der Waals surface area contributed by atoms with E-state index in [1.54, 1.807) is 11.7 Å². The number of thiazole rings is 1. The van der Waals surface area contributed by atoms with Crippen LogP contribution in [-0.4, -0.2) is 32.3 Å². The molecule has 0 bridgehead atoms.